The lowest BCUT2D eigenvalue weighted by atomic mass is 9.97. The molecule has 24 heavy (non-hydrogen) atoms. The zero-order valence-corrected chi connectivity index (χ0v) is 14.7. The lowest BCUT2D eigenvalue weighted by Crippen LogP contribution is -2.51. The highest BCUT2D eigenvalue weighted by Crippen LogP contribution is 2.28. The van der Waals surface area contributed by atoms with E-state index in [0.717, 1.165) is 63.9 Å². The first-order chi connectivity index (χ1) is 11.7. The normalized spacial score (nSPS) is 23.2. The molecule has 1 amide bonds. The minimum Gasteiger partial charge on any atom is -0.497 e. The van der Waals surface area contributed by atoms with Gasteiger partial charge in [-0.3, -0.25) is 9.69 Å². The summed E-state index contributed by atoms with van der Waals surface area (Å²) in [5, 5.41) is 0. The molecule has 0 aromatic heterocycles. The summed E-state index contributed by atoms with van der Waals surface area (Å²) in [6, 6.07) is 8.24. The Morgan fingerprint density at radius 3 is 2.54 bits per heavy atom. The molecule has 2 aliphatic heterocycles. The number of piperazine rings is 1. The van der Waals surface area contributed by atoms with E-state index >= 15 is 0 Å². The summed E-state index contributed by atoms with van der Waals surface area (Å²) < 4.78 is 10.7. The van der Waals surface area contributed by atoms with Gasteiger partial charge in [0.25, 0.3) is 0 Å². The lowest BCUT2D eigenvalue weighted by molar-refractivity contribution is -0.134. The van der Waals surface area contributed by atoms with Gasteiger partial charge < -0.3 is 14.4 Å². The van der Waals surface area contributed by atoms with Crippen molar-refractivity contribution in [3.63, 3.8) is 0 Å². The molecule has 0 radical (unpaired) electrons. The van der Waals surface area contributed by atoms with Crippen LogP contribution in [-0.2, 0) is 9.53 Å². The molecule has 2 aliphatic rings. The molecule has 2 fully saturated rings. The van der Waals surface area contributed by atoms with Gasteiger partial charge in [-0.25, -0.2) is 0 Å². The van der Waals surface area contributed by atoms with Crippen LogP contribution in [-0.4, -0.2) is 62.2 Å². The summed E-state index contributed by atoms with van der Waals surface area (Å²) in [5.74, 6) is 1.73. The third-order valence-corrected chi connectivity index (χ3v) is 5.23. The molecule has 0 unspecified atom stereocenters. The predicted molar refractivity (Wildman–Crippen MR) is 93.1 cm³/mol. The monoisotopic (exact) mass is 332 g/mol. The van der Waals surface area contributed by atoms with Crippen molar-refractivity contribution in [1.82, 2.24) is 9.80 Å². The van der Waals surface area contributed by atoms with E-state index in [4.69, 9.17) is 9.47 Å². The number of hydrogen-bond donors (Lipinski definition) is 0. The van der Waals surface area contributed by atoms with Crippen LogP contribution in [0.2, 0.25) is 0 Å². The van der Waals surface area contributed by atoms with Crippen molar-refractivity contribution in [1.29, 1.82) is 0 Å². The largest absolute Gasteiger partial charge is 0.497 e. The molecular formula is C19H28N2O3. The Hall–Kier alpha value is -1.59. The first-order valence-corrected chi connectivity index (χ1v) is 8.88. The third kappa shape index (κ3) is 4.08. The number of ether oxygens (including phenoxy) is 2. The van der Waals surface area contributed by atoms with E-state index in [1.165, 1.54) is 5.56 Å². The van der Waals surface area contributed by atoms with E-state index in [1.54, 1.807) is 14.0 Å². The second-order valence-electron chi connectivity index (χ2n) is 6.82. The van der Waals surface area contributed by atoms with Crippen molar-refractivity contribution in [3.05, 3.63) is 29.8 Å². The Kier molecular flexibility index (Phi) is 5.74. The topological polar surface area (TPSA) is 42.0 Å². The fourth-order valence-electron chi connectivity index (χ4n) is 3.79. The molecule has 2 heterocycles. The number of amides is 1. The first kappa shape index (κ1) is 17.2. The number of benzene rings is 1. The van der Waals surface area contributed by atoms with Crippen molar-refractivity contribution in [2.75, 3.05) is 46.5 Å². The van der Waals surface area contributed by atoms with Gasteiger partial charge in [-0.05, 0) is 36.5 Å². The molecule has 0 saturated carbocycles. The van der Waals surface area contributed by atoms with Crippen molar-refractivity contribution >= 4 is 5.91 Å². The zero-order valence-electron chi connectivity index (χ0n) is 14.7. The molecule has 3 rings (SSSR count). The Morgan fingerprint density at radius 2 is 1.92 bits per heavy atom. The van der Waals surface area contributed by atoms with Crippen molar-refractivity contribution < 1.29 is 14.3 Å². The van der Waals surface area contributed by atoms with Crippen LogP contribution in [0.15, 0.2) is 24.3 Å². The highest BCUT2D eigenvalue weighted by Gasteiger charge is 2.31. The van der Waals surface area contributed by atoms with Gasteiger partial charge in [0.05, 0.1) is 13.2 Å². The maximum Gasteiger partial charge on any atom is 0.220 e. The van der Waals surface area contributed by atoms with E-state index < -0.39 is 0 Å². The van der Waals surface area contributed by atoms with Crippen LogP contribution in [0.5, 0.6) is 5.75 Å². The molecule has 1 aromatic rings. The van der Waals surface area contributed by atoms with Crippen LogP contribution >= 0.6 is 0 Å². The van der Waals surface area contributed by atoms with E-state index in [1.807, 2.05) is 17.0 Å². The van der Waals surface area contributed by atoms with Gasteiger partial charge >= 0.3 is 0 Å². The summed E-state index contributed by atoms with van der Waals surface area (Å²) in [4.78, 5) is 16.6. The Morgan fingerprint density at radius 1 is 1.21 bits per heavy atom. The molecule has 0 bridgehead atoms. The molecule has 0 N–H and O–H groups in total. The van der Waals surface area contributed by atoms with E-state index in [0.29, 0.717) is 0 Å². The van der Waals surface area contributed by atoms with Gasteiger partial charge in [0.15, 0.2) is 0 Å². The number of carbonyl (C=O) groups excluding carboxylic acids is 1. The molecule has 2 saturated heterocycles. The number of carbonyl (C=O) groups is 1. The molecule has 132 valence electrons. The maximum absolute atomic E-state index is 12.1. The van der Waals surface area contributed by atoms with Gasteiger partial charge in [0.2, 0.25) is 5.91 Å². The second kappa shape index (κ2) is 7.99. The van der Waals surface area contributed by atoms with E-state index in [9.17, 15) is 4.79 Å². The molecule has 1 aromatic carbocycles. The number of rotatable bonds is 4. The van der Waals surface area contributed by atoms with Gasteiger partial charge in [-0.1, -0.05) is 12.1 Å². The van der Waals surface area contributed by atoms with Crippen molar-refractivity contribution in [2.24, 2.45) is 5.92 Å². The second-order valence-corrected chi connectivity index (χ2v) is 6.82. The van der Waals surface area contributed by atoms with Crippen LogP contribution in [0.3, 0.4) is 0 Å². The highest BCUT2D eigenvalue weighted by atomic mass is 16.5. The zero-order chi connectivity index (χ0) is 16.9. The van der Waals surface area contributed by atoms with Crippen molar-refractivity contribution in [2.45, 2.75) is 25.8 Å². The predicted octanol–water partition coefficient (Wildman–Crippen LogP) is 2.33. The maximum atomic E-state index is 12.1. The van der Waals surface area contributed by atoms with Gasteiger partial charge in [-0.2, -0.15) is 0 Å². The summed E-state index contributed by atoms with van der Waals surface area (Å²) in [6.07, 6.45) is 2.31. The number of methoxy groups -OCH3 is 1. The minimum atomic E-state index is 0.127. The quantitative estimate of drug-likeness (QED) is 0.849. The Balaban J connectivity index is 1.70. The summed E-state index contributed by atoms with van der Waals surface area (Å²) in [7, 11) is 1.67. The number of nitrogens with zero attached hydrogens (tertiary/aromatic N) is 2. The number of hydrogen-bond acceptors (Lipinski definition) is 4. The van der Waals surface area contributed by atoms with Crippen LogP contribution in [0.4, 0.5) is 0 Å². The molecular weight excluding hydrogens is 304 g/mol. The van der Waals surface area contributed by atoms with Crippen LogP contribution in [0, 0.1) is 5.92 Å². The molecule has 5 heteroatoms. The third-order valence-electron chi connectivity index (χ3n) is 5.23. The molecule has 5 nitrogen and oxygen atoms in total. The average Bonchev–Trinajstić information content (AvgIpc) is 2.62. The highest BCUT2D eigenvalue weighted by molar-refractivity contribution is 5.74. The Labute approximate surface area is 144 Å². The van der Waals surface area contributed by atoms with Crippen molar-refractivity contribution in [3.8, 4) is 5.75 Å². The summed E-state index contributed by atoms with van der Waals surface area (Å²) in [6.45, 7) is 7.23. The van der Waals surface area contributed by atoms with Gasteiger partial charge in [0.1, 0.15) is 5.75 Å². The average molecular weight is 332 g/mol. The molecule has 0 aliphatic carbocycles. The van der Waals surface area contributed by atoms with Gasteiger partial charge in [-0.15, -0.1) is 0 Å². The lowest BCUT2D eigenvalue weighted by Gasteiger charge is -2.42. The standard InChI is InChI=1S/C19H28N2O3/c1-15(22)21-10-9-20(13-16-7-11-24-12-8-16)14-19(21)17-3-5-18(23-2)6-4-17/h3-6,16,19H,7-14H2,1-2H3/t19-/m1/s1. The molecule has 0 spiro atoms. The molecule has 1 atom stereocenters. The Bertz CT molecular complexity index is 540. The van der Waals surface area contributed by atoms with Gasteiger partial charge in [0, 0.05) is 46.3 Å². The van der Waals surface area contributed by atoms with Crippen LogP contribution in [0.1, 0.15) is 31.4 Å². The van der Waals surface area contributed by atoms with E-state index in [-0.39, 0.29) is 11.9 Å². The summed E-state index contributed by atoms with van der Waals surface area (Å²) in [5.41, 5.74) is 1.18. The van der Waals surface area contributed by atoms with E-state index in [2.05, 4.69) is 17.0 Å². The first-order valence-electron chi connectivity index (χ1n) is 8.88. The summed E-state index contributed by atoms with van der Waals surface area (Å²) >= 11 is 0. The van der Waals surface area contributed by atoms with Crippen LogP contribution in [0.25, 0.3) is 0 Å². The smallest absolute Gasteiger partial charge is 0.220 e. The van der Waals surface area contributed by atoms with Crippen LogP contribution < -0.4 is 4.74 Å². The fourth-order valence-corrected chi connectivity index (χ4v) is 3.79. The SMILES string of the molecule is COc1ccc([C@H]2CN(CC3CCOCC3)CCN2C(C)=O)cc1. The fraction of sp³-hybridized carbons (Fsp3) is 0.632. The minimum absolute atomic E-state index is 0.127.